The highest BCUT2D eigenvalue weighted by atomic mass is 16.5. The van der Waals surface area contributed by atoms with Crippen molar-refractivity contribution in [1.82, 2.24) is 4.98 Å². The highest BCUT2D eigenvalue weighted by molar-refractivity contribution is 5.85. The van der Waals surface area contributed by atoms with Crippen LogP contribution in [0.4, 0.5) is 5.69 Å². The van der Waals surface area contributed by atoms with E-state index < -0.39 is 0 Å². The smallest absolute Gasteiger partial charge is 0.219 e. The van der Waals surface area contributed by atoms with Crippen LogP contribution < -0.4 is 10.1 Å². The SMILES string of the molecule is Cc1cc2c(cc1C)NC(c1cccc(Oc3ccccn3)c1)CC(=O)C2. The molecule has 4 rings (SSSR count). The first-order valence-corrected chi connectivity index (χ1v) is 9.16. The van der Waals surface area contributed by atoms with Crippen molar-refractivity contribution in [3.8, 4) is 11.6 Å². The molecule has 0 saturated carbocycles. The fourth-order valence-electron chi connectivity index (χ4n) is 3.43. The highest BCUT2D eigenvalue weighted by Crippen LogP contribution is 2.33. The van der Waals surface area contributed by atoms with Gasteiger partial charge < -0.3 is 10.1 Å². The van der Waals surface area contributed by atoms with Crippen LogP contribution in [0, 0.1) is 13.8 Å². The standard InChI is InChI=1S/C23H22N2O2/c1-15-10-18-12-19(26)14-22(25-21(18)11-16(15)2)17-6-5-7-20(13-17)27-23-8-3-4-9-24-23/h3-11,13,22,25H,12,14H2,1-2H3. The molecule has 136 valence electrons. The van der Waals surface area contributed by atoms with Crippen LogP contribution in [0.25, 0.3) is 0 Å². The van der Waals surface area contributed by atoms with Gasteiger partial charge in [-0.15, -0.1) is 0 Å². The molecule has 0 fully saturated rings. The lowest BCUT2D eigenvalue weighted by molar-refractivity contribution is -0.118. The minimum atomic E-state index is -0.0758. The molecular formula is C23H22N2O2. The van der Waals surface area contributed by atoms with Gasteiger partial charge >= 0.3 is 0 Å². The van der Waals surface area contributed by atoms with Gasteiger partial charge in [0.2, 0.25) is 5.88 Å². The van der Waals surface area contributed by atoms with Crippen LogP contribution in [0.5, 0.6) is 11.6 Å². The fourth-order valence-corrected chi connectivity index (χ4v) is 3.43. The average Bonchev–Trinajstić information content (AvgIpc) is 2.81. The molecule has 1 aromatic heterocycles. The molecule has 27 heavy (non-hydrogen) atoms. The summed E-state index contributed by atoms with van der Waals surface area (Å²) >= 11 is 0. The molecule has 1 aliphatic heterocycles. The zero-order valence-electron chi connectivity index (χ0n) is 15.5. The van der Waals surface area contributed by atoms with Crippen LogP contribution in [-0.4, -0.2) is 10.8 Å². The number of rotatable bonds is 3. The lowest BCUT2D eigenvalue weighted by Gasteiger charge is -2.19. The molecule has 0 radical (unpaired) electrons. The third-order valence-electron chi connectivity index (χ3n) is 4.99. The zero-order chi connectivity index (χ0) is 18.8. The number of aromatic nitrogens is 1. The summed E-state index contributed by atoms with van der Waals surface area (Å²) in [5.74, 6) is 1.51. The molecule has 3 aromatic rings. The molecule has 1 atom stereocenters. The lowest BCUT2D eigenvalue weighted by atomic mass is 9.99. The first-order valence-electron chi connectivity index (χ1n) is 9.16. The summed E-state index contributed by atoms with van der Waals surface area (Å²) in [5, 5.41) is 3.57. The quantitative estimate of drug-likeness (QED) is 0.703. The van der Waals surface area contributed by atoms with Gasteiger partial charge in [0.25, 0.3) is 0 Å². The topological polar surface area (TPSA) is 51.2 Å². The van der Waals surface area contributed by atoms with Crippen LogP contribution in [0.1, 0.15) is 34.7 Å². The van der Waals surface area contributed by atoms with E-state index in [2.05, 4.69) is 36.3 Å². The Hall–Kier alpha value is -3.14. The van der Waals surface area contributed by atoms with Crippen LogP contribution >= 0.6 is 0 Å². The predicted molar refractivity (Wildman–Crippen MR) is 106 cm³/mol. The van der Waals surface area contributed by atoms with E-state index in [1.807, 2.05) is 42.5 Å². The van der Waals surface area contributed by atoms with E-state index in [0.717, 1.165) is 16.8 Å². The van der Waals surface area contributed by atoms with Crippen LogP contribution in [0.15, 0.2) is 60.8 Å². The Morgan fingerprint density at radius 2 is 1.89 bits per heavy atom. The van der Waals surface area contributed by atoms with Crippen molar-refractivity contribution in [3.63, 3.8) is 0 Å². The Bertz CT molecular complexity index is 983. The van der Waals surface area contributed by atoms with Crippen molar-refractivity contribution in [3.05, 3.63) is 83.0 Å². The molecule has 0 bridgehead atoms. The van der Waals surface area contributed by atoms with Crippen molar-refractivity contribution < 1.29 is 9.53 Å². The first kappa shape index (κ1) is 17.3. The third kappa shape index (κ3) is 3.85. The summed E-state index contributed by atoms with van der Waals surface area (Å²) in [5.41, 5.74) is 5.59. The minimum absolute atomic E-state index is 0.0758. The number of nitrogens with one attached hydrogen (secondary N) is 1. The normalized spacial score (nSPS) is 16.2. The number of pyridine rings is 1. The number of anilines is 1. The summed E-state index contributed by atoms with van der Waals surface area (Å²) < 4.78 is 5.85. The Labute approximate surface area is 159 Å². The number of fused-ring (bicyclic) bond motifs is 1. The number of ketones is 1. The van der Waals surface area contributed by atoms with Crippen molar-refractivity contribution in [2.24, 2.45) is 0 Å². The van der Waals surface area contributed by atoms with Gasteiger partial charge in [0.15, 0.2) is 0 Å². The van der Waals surface area contributed by atoms with Crippen molar-refractivity contribution in [1.29, 1.82) is 0 Å². The van der Waals surface area contributed by atoms with Crippen LogP contribution in [-0.2, 0) is 11.2 Å². The van der Waals surface area contributed by atoms with Crippen molar-refractivity contribution in [2.75, 3.05) is 5.32 Å². The number of carbonyl (C=O) groups is 1. The van der Waals surface area contributed by atoms with E-state index in [9.17, 15) is 4.79 Å². The molecule has 0 saturated heterocycles. The number of benzene rings is 2. The largest absolute Gasteiger partial charge is 0.439 e. The van der Waals surface area contributed by atoms with E-state index in [1.54, 1.807) is 6.20 Å². The summed E-state index contributed by atoms with van der Waals surface area (Å²) in [7, 11) is 0. The number of Topliss-reactive ketones (excluding diaryl/α,β-unsaturated/α-hetero) is 1. The van der Waals surface area contributed by atoms with Gasteiger partial charge in [0, 0.05) is 30.8 Å². The second kappa shape index (κ2) is 7.23. The van der Waals surface area contributed by atoms with Crippen molar-refractivity contribution in [2.45, 2.75) is 32.7 Å². The van der Waals surface area contributed by atoms with Crippen molar-refractivity contribution >= 4 is 11.5 Å². The number of hydrogen-bond donors (Lipinski definition) is 1. The van der Waals surface area contributed by atoms with Gasteiger partial charge in [-0.25, -0.2) is 4.98 Å². The molecule has 1 N–H and O–H groups in total. The second-order valence-corrected chi connectivity index (χ2v) is 7.05. The monoisotopic (exact) mass is 358 g/mol. The molecular weight excluding hydrogens is 336 g/mol. The van der Waals surface area contributed by atoms with E-state index in [-0.39, 0.29) is 11.8 Å². The van der Waals surface area contributed by atoms with E-state index >= 15 is 0 Å². The predicted octanol–water partition coefficient (Wildman–Crippen LogP) is 5.16. The molecule has 0 spiro atoms. The molecule has 1 aliphatic rings. The van der Waals surface area contributed by atoms with Gasteiger partial charge in [-0.2, -0.15) is 0 Å². The number of carbonyl (C=O) groups excluding carboxylic acids is 1. The van der Waals surface area contributed by atoms with E-state index in [1.165, 1.54) is 11.1 Å². The highest BCUT2D eigenvalue weighted by Gasteiger charge is 2.23. The molecule has 2 heterocycles. The third-order valence-corrected chi connectivity index (χ3v) is 4.99. The van der Waals surface area contributed by atoms with Gasteiger partial charge in [-0.3, -0.25) is 4.79 Å². The summed E-state index contributed by atoms with van der Waals surface area (Å²) in [6.45, 7) is 4.18. The maximum Gasteiger partial charge on any atom is 0.219 e. The Balaban J connectivity index is 1.63. The Morgan fingerprint density at radius 1 is 1.04 bits per heavy atom. The molecule has 1 unspecified atom stereocenters. The van der Waals surface area contributed by atoms with Gasteiger partial charge in [-0.1, -0.05) is 24.3 Å². The van der Waals surface area contributed by atoms with Crippen LogP contribution in [0.2, 0.25) is 0 Å². The minimum Gasteiger partial charge on any atom is -0.439 e. The number of aryl methyl sites for hydroxylation is 2. The van der Waals surface area contributed by atoms with Gasteiger partial charge in [0.1, 0.15) is 11.5 Å². The maximum atomic E-state index is 12.5. The molecule has 4 nitrogen and oxygen atoms in total. The zero-order valence-corrected chi connectivity index (χ0v) is 15.5. The second-order valence-electron chi connectivity index (χ2n) is 7.05. The lowest BCUT2D eigenvalue weighted by Crippen LogP contribution is -2.13. The number of hydrogen-bond acceptors (Lipinski definition) is 4. The van der Waals surface area contributed by atoms with E-state index in [0.29, 0.717) is 24.5 Å². The van der Waals surface area contributed by atoms with Gasteiger partial charge in [-0.05, 0) is 60.4 Å². The first-order chi connectivity index (χ1) is 13.1. The maximum absolute atomic E-state index is 12.5. The van der Waals surface area contributed by atoms with Gasteiger partial charge in [0.05, 0.1) is 6.04 Å². The Kier molecular flexibility index (Phi) is 4.63. The summed E-state index contributed by atoms with van der Waals surface area (Å²) in [4.78, 5) is 16.7. The Morgan fingerprint density at radius 3 is 2.70 bits per heavy atom. The molecule has 2 aromatic carbocycles. The average molecular weight is 358 g/mol. The number of ether oxygens (including phenoxy) is 1. The molecule has 4 heteroatoms. The fraction of sp³-hybridized carbons (Fsp3) is 0.217. The molecule has 0 aliphatic carbocycles. The number of nitrogens with zero attached hydrogens (tertiary/aromatic N) is 1. The summed E-state index contributed by atoms with van der Waals surface area (Å²) in [6.07, 6.45) is 2.63. The molecule has 0 amide bonds. The summed E-state index contributed by atoms with van der Waals surface area (Å²) in [6, 6.07) is 17.6. The van der Waals surface area contributed by atoms with E-state index in [4.69, 9.17) is 4.74 Å². The van der Waals surface area contributed by atoms with Crippen LogP contribution in [0.3, 0.4) is 0 Å².